The highest BCUT2D eigenvalue weighted by Gasteiger charge is 2.25. The fourth-order valence-electron chi connectivity index (χ4n) is 3.29. The van der Waals surface area contributed by atoms with Gasteiger partial charge in [0.25, 0.3) is 0 Å². The number of carbonyl (C=O) groups is 1. The van der Waals surface area contributed by atoms with E-state index in [2.05, 4.69) is 15.5 Å². The lowest BCUT2D eigenvalue weighted by atomic mass is 10.1. The Labute approximate surface area is 153 Å². The van der Waals surface area contributed by atoms with Crippen LogP contribution in [0.3, 0.4) is 0 Å². The van der Waals surface area contributed by atoms with Crippen LogP contribution in [0, 0.1) is 5.82 Å². The highest BCUT2D eigenvalue weighted by atomic mass is 19.1. The Hall–Kier alpha value is -2.18. The normalized spacial score (nSPS) is 17.6. The van der Waals surface area contributed by atoms with Gasteiger partial charge in [0.05, 0.1) is 18.3 Å². The van der Waals surface area contributed by atoms with Gasteiger partial charge in [-0.3, -0.25) is 9.69 Å². The number of nitrogens with one attached hydrogen (secondary N) is 2. The summed E-state index contributed by atoms with van der Waals surface area (Å²) in [5.74, 6) is 0.455. The van der Waals surface area contributed by atoms with Gasteiger partial charge in [-0.15, -0.1) is 0 Å². The molecule has 1 amide bonds. The Morgan fingerprint density at radius 1 is 1.19 bits per heavy atom. The summed E-state index contributed by atoms with van der Waals surface area (Å²) in [6, 6.07) is 9.40. The molecule has 1 aliphatic rings. The molecule has 3 rings (SSSR count). The van der Waals surface area contributed by atoms with Crippen LogP contribution in [0.5, 0.6) is 0 Å². The van der Waals surface area contributed by atoms with Crippen LogP contribution in [0.2, 0.25) is 0 Å². The van der Waals surface area contributed by atoms with Crippen LogP contribution in [-0.2, 0) is 4.79 Å². The molecule has 1 fully saturated rings. The van der Waals surface area contributed by atoms with E-state index in [9.17, 15) is 9.18 Å². The standard InChI is InChI=1S/C20H26FN3O2/c1-15(20(25)23-17-9-7-16(21)8-10-17)22-14-18(19-6-5-13-26-19)24-11-3-2-4-12-24/h5-10,13,15,18,22H,2-4,11-12,14H2,1H3,(H,23,25). The molecule has 1 aromatic carbocycles. The van der Waals surface area contributed by atoms with Crippen molar-refractivity contribution in [1.29, 1.82) is 0 Å². The first-order valence-corrected chi connectivity index (χ1v) is 9.21. The first kappa shape index (κ1) is 18.6. The average Bonchev–Trinajstić information content (AvgIpc) is 3.19. The molecule has 0 radical (unpaired) electrons. The molecule has 2 atom stereocenters. The Morgan fingerprint density at radius 3 is 2.58 bits per heavy atom. The molecule has 0 bridgehead atoms. The van der Waals surface area contributed by atoms with Gasteiger partial charge in [-0.25, -0.2) is 4.39 Å². The number of amides is 1. The van der Waals surface area contributed by atoms with Gasteiger partial charge in [0, 0.05) is 12.2 Å². The number of likely N-dealkylation sites (tertiary alicyclic amines) is 1. The van der Waals surface area contributed by atoms with Crippen molar-refractivity contribution in [2.75, 3.05) is 25.0 Å². The third-order valence-electron chi connectivity index (χ3n) is 4.83. The van der Waals surface area contributed by atoms with E-state index in [0.29, 0.717) is 12.2 Å². The zero-order valence-corrected chi connectivity index (χ0v) is 15.1. The molecule has 1 saturated heterocycles. The van der Waals surface area contributed by atoms with E-state index in [1.807, 2.05) is 19.1 Å². The van der Waals surface area contributed by atoms with Crippen LogP contribution < -0.4 is 10.6 Å². The van der Waals surface area contributed by atoms with Crippen molar-refractivity contribution < 1.29 is 13.6 Å². The summed E-state index contributed by atoms with van der Waals surface area (Å²) in [7, 11) is 0. The fourth-order valence-corrected chi connectivity index (χ4v) is 3.29. The lowest BCUT2D eigenvalue weighted by Crippen LogP contribution is -2.44. The quantitative estimate of drug-likeness (QED) is 0.794. The summed E-state index contributed by atoms with van der Waals surface area (Å²) >= 11 is 0. The summed E-state index contributed by atoms with van der Waals surface area (Å²) in [5, 5.41) is 6.11. The predicted octanol–water partition coefficient (Wildman–Crippen LogP) is 3.56. The number of hydrogen-bond acceptors (Lipinski definition) is 4. The molecular formula is C20H26FN3O2. The van der Waals surface area contributed by atoms with E-state index in [0.717, 1.165) is 18.8 Å². The maximum Gasteiger partial charge on any atom is 0.241 e. The van der Waals surface area contributed by atoms with Crippen molar-refractivity contribution in [2.24, 2.45) is 0 Å². The number of carbonyl (C=O) groups excluding carboxylic acids is 1. The topological polar surface area (TPSA) is 57.5 Å². The highest BCUT2D eigenvalue weighted by Crippen LogP contribution is 2.24. The zero-order valence-electron chi connectivity index (χ0n) is 15.1. The number of anilines is 1. The molecule has 2 heterocycles. The van der Waals surface area contributed by atoms with E-state index < -0.39 is 0 Å². The first-order valence-electron chi connectivity index (χ1n) is 9.21. The van der Waals surface area contributed by atoms with E-state index in [-0.39, 0.29) is 23.8 Å². The average molecular weight is 359 g/mol. The highest BCUT2D eigenvalue weighted by molar-refractivity contribution is 5.94. The van der Waals surface area contributed by atoms with Crippen LogP contribution in [-0.4, -0.2) is 36.5 Å². The van der Waals surface area contributed by atoms with Gasteiger partial charge < -0.3 is 15.1 Å². The molecule has 0 spiro atoms. The zero-order chi connectivity index (χ0) is 18.4. The second kappa shape index (κ2) is 8.96. The van der Waals surface area contributed by atoms with Crippen LogP contribution in [0.1, 0.15) is 38.0 Å². The molecule has 0 saturated carbocycles. The van der Waals surface area contributed by atoms with E-state index in [4.69, 9.17) is 4.42 Å². The van der Waals surface area contributed by atoms with E-state index >= 15 is 0 Å². The minimum absolute atomic E-state index is 0.117. The van der Waals surface area contributed by atoms with Crippen LogP contribution in [0.15, 0.2) is 47.1 Å². The Balaban J connectivity index is 1.57. The summed E-state index contributed by atoms with van der Waals surface area (Å²) in [4.78, 5) is 14.8. The molecular weight excluding hydrogens is 333 g/mol. The Kier molecular flexibility index (Phi) is 6.41. The van der Waals surface area contributed by atoms with E-state index in [1.54, 1.807) is 18.4 Å². The molecule has 1 aromatic heterocycles. The fraction of sp³-hybridized carbons (Fsp3) is 0.450. The second-order valence-electron chi connectivity index (χ2n) is 6.75. The number of piperidine rings is 1. The number of furan rings is 1. The molecule has 140 valence electrons. The SMILES string of the molecule is CC(NCC(c1ccco1)N1CCCCC1)C(=O)Nc1ccc(F)cc1. The number of nitrogens with zero attached hydrogens (tertiary/aromatic N) is 1. The molecule has 2 aromatic rings. The number of hydrogen-bond donors (Lipinski definition) is 2. The number of rotatable bonds is 7. The monoisotopic (exact) mass is 359 g/mol. The van der Waals surface area contributed by atoms with Crippen LogP contribution >= 0.6 is 0 Å². The van der Waals surface area contributed by atoms with E-state index in [1.165, 1.54) is 31.4 Å². The Bertz CT molecular complexity index is 682. The van der Waals surface area contributed by atoms with Gasteiger partial charge in [-0.1, -0.05) is 6.42 Å². The lowest BCUT2D eigenvalue weighted by molar-refractivity contribution is -0.117. The Morgan fingerprint density at radius 2 is 1.92 bits per heavy atom. The maximum absolute atomic E-state index is 13.0. The third-order valence-corrected chi connectivity index (χ3v) is 4.83. The minimum Gasteiger partial charge on any atom is -0.468 e. The molecule has 2 N–H and O–H groups in total. The van der Waals surface area contributed by atoms with Crippen molar-refractivity contribution in [1.82, 2.24) is 10.2 Å². The first-order chi connectivity index (χ1) is 12.6. The summed E-state index contributed by atoms with van der Waals surface area (Å²) in [6.07, 6.45) is 5.35. The van der Waals surface area contributed by atoms with Crippen molar-refractivity contribution in [3.8, 4) is 0 Å². The van der Waals surface area contributed by atoms with Gasteiger partial charge in [0.2, 0.25) is 5.91 Å². The summed E-state index contributed by atoms with van der Waals surface area (Å²) in [6.45, 7) is 4.55. The third kappa shape index (κ3) is 4.93. The van der Waals surface area contributed by atoms with Gasteiger partial charge in [-0.05, 0) is 69.3 Å². The van der Waals surface area contributed by atoms with Crippen molar-refractivity contribution >= 4 is 11.6 Å². The van der Waals surface area contributed by atoms with Crippen molar-refractivity contribution in [2.45, 2.75) is 38.3 Å². The minimum atomic E-state index is -0.373. The summed E-state index contributed by atoms with van der Waals surface area (Å²) in [5.41, 5.74) is 0.587. The molecule has 6 heteroatoms. The van der Waals surface area contributed by atoms with Crippen molar-refractivity contribution in [3.05, 3.63) is 54.2 Å². The molecule has 0 aliphatic carbocycles. The van der Waals surface area contributed by atoms with Gasteiger partial charge in [-0.2, -0.15) is 0 Å². The smallest absolute Gasteiger partial charge is 0.241 e. The van der Waals surface area contributed by atoms with Gasteiger partial charge in [0.15, 0.2) is 0 Å². The second-order valence-corrected chi connectivity index (χ2v) is 6.75. The van der Waals surface area contributed by atoms with Gasteiger partial charge >= 0.3 is 0 Å². The van der Waals surface area contributed by atoms with Crippen LogP contribution in [0.4, 0.5) is 10.1 Å². The van der Waals surface area contributed by atoms with Crippen molar-refractivity contribution in [3.63, 3.8) is 0 Å². The molecule has 26 heavy (non-hydrogen) atoms. The lowest BCUT2D eigenvalue weighted by Gasteiger charge is -2.34. The number of benzene rings is 1. The van der Waals surface area contributed by atoms with Crippen LogP contribution in [0.25, 0.3) is 0 Å². The largest absolute Gasteiger partial charge is 0.468 e. The number of halogens is 1. The summed E-state index contributed by atoms with van der Waals surface area (Å²) < 4.78 is 18.6. The molecule has 2 unspecified atom stereocenters. The molecule has 1 aliphatic heterocycles. The maximum atomic E-state index is 13.0. The molecule has 5 nitrogen and oxygen atoms in total. The van der Waals surface area contributed by atoms with Gasteiger partial charge in [0.1, 0.15) is 11.6 Å². The predicted molar refractivity (Wildman–Crippen MR) is 99.4 cm³/mol.